The summed E-state index contributed by atoms with van der Waals surface area (Å²) in [5.41, 5.74) is 2.19. The third-order valence-electron chi connectivity index (χ3n) is 2.31. The van der Waals surface area contributed by atoms with Gasteiger partial charge in [0, 0.05) is 0 Å². The zero-order chi connectivity index (χ0) is 10.5. The molecule has 0 bridgehead atoms. The minimum atomic E-state index is 0.106. The monoisotopic (exact) mass is 202 g/mol. The van der Waals surface area contributed by atoms with E-state index < -0.39 is 0 Å². The Morgan fingerprint density at radius 2 is 2.13 bits per heavy atom. The summed E-state index contributed by atoms with van der Waals surface area (Å²) >= 11 is 0. The van der Waals surface area contributed by atoms with Crippen LogP contribution in [0.3, 0.4) is 0 Å². The fourth-order valence-electron chi connectivity index (χ4n) is 1.40. The van der Waals surface area contributed by atoms with Gasteiger partial charge in [0.05, 0.1) is 30.9 Å². The smallest absolute Gasteiger partial charge is 0.0922 e. The normalized spacial score (nSPS) is 12.6. The molecule has 1 unspecified atom stereocenters. The Morgan fingerprint density at radius 3 is 2.80 bits per heavy atom. The van der Waals surface area contributed by atoms with E-state index in [0.717, 1.165) is 5.69 Å². The van der Waals surface area contributed by atoms with Crippen molar-refractivity contribution in [3.63, 3.8) is 0 Å². The summed E-state index contributed by atoms with van der Waals surface area (Å²) in [5.74, 6) is 0. The van der Waals surface area contributed by atoms with E-state index in [-0.39, 0.29) is 6.10 Å². The highest BCUT2D eigenvalue weighted by molar-refractivity contribution is 5.16. The lowest BCUT2D eigenvalue weighted by atomic mass is 10.1. The first-order valence-electron chi connectivity index (χ1n) is 5.00. The molecule has 0 amide bonds. The van der Waals surface area contributed by atoms with Crippen LogP contribution in [-0.4, -0.2) is 9.97 Å². The molecule has 2 aromatic rings. The number of benzene rings is 1. The molecule has 1 atom stereocenters. The molecular formula is C12H14N2O. The third-order valence-corrected chi connectivity index (χ3v) is 2.31. The van der Waals surface area contributed by atoms with Crippen LogP contribution in [0.1, 0.15) is 24.3 Å². The van der Waals surface area contributed by atoms with Gasteiger partial charge in [-0.15, -0.1) is 0 Å². The molecule has 0 fully saturated rings. The van der Waals surface area contributed by atoms with E-state index in [1.807, 2.05) is 25.1 Å². The van der Waals surface area contributed by atoms with Gasteiger partial charge in [0.15, 0.2) is 0 Å². The number of hydrogen-bond acceptors (Lipinski definition) is 2. The van der Waals surface area contributed by atoms with Crippen LogP contribution in [0.2, 0.25) is 0 Å². The lowest BCUT2D eigenvalue weighted by Gasteiger charge is -2.12. The Hall–Kier alpha value is -1.61. The van der Waals surface area contributed by atoms with Crippen molar-refractivity contribution in [3.8, 4) is 0 Å². The highest BCUT2D eigenvalue weighted by Gasteiger charge is 2.05. The average Bonchev–Trinajstić information content (AvgIpc) is 2.80. The van der Waals surface area contributed by atoms with E-state index >= 15 is 0 Å². The molecule has 1 N–H and O–H groups in total. The maximum absolute atomic E-state index is 5.70. The molecule has 1 aromatic carbocycles. The lowest BCUT2D eigenvalue weighted by molar-refractivity contribution is 0.0507. The van der Waals surface area contributed by atoms with Crippen LogP contribution in [0, 0.1) is 0 Å². The molecule has 1 aromatic heterocycles. The van der Waals surface area contributed by atoms with Crippen molar-refractivity contribution in [3.05, 3.63) is 54.1 Å². The number of ether oxygens (including phenoxy) is 1. The first-order valence-corrected chi connectivity index (χ1v) is 5.00. The van der Waals surface area contributed by atoms with E-state index in [1.165, 1.54) is 5.56 Å². The molecule has 0 spiro atoms. The number of aromatic amines is 1. The lowest BCUT2D eigenvalue weighted by Crippen LogP contribution is -2.00. The molecule has 0 saturated heterocycles. The van der Waals surface area contributed by atoms with E-state index in [9.17, 15) is 0 Å². The quantitative estimate of drug-likeness (QED) is 0.827. The van der Waals surface area contributed by atoms with Gasteiger partial charge in [0.25, 0.3) is 0 Å². The van der Waals surface area contributed by atoms with Crippen molar-refractivity contribution in [1.82, 2.24) is 9.97 Å². The van der Waals surface area contributed by atoms with Gasteiger partial charge in [-0.3, -0.25) is 0 Å². The molecule has 0 aliphatic carbocycles. The van der Waals surface area contributed by atoms with Crippen LogP contribution < -0.4 is 0 Å². The summed E-state index contributed by atoms with van der Waals surface area (Å²) in [5, 5.41) is 0. The summed E-state index contributed by atoms with van der Waals surface area (Å²) in [6.45, 7) is 2.61. The Balaban J connectivity index is 1.90. The van der Waals surface area contributed by atoms with Crippen molar-refractivity contribution in [2.24, 2.45) is 0 Å². The number of nitrogens with zero attached hydrogens (tertiary/aromatic N) is 1. The Morgan fingerprint density at radius 1 is 1.33 bits per heavy atom. The highest BCUT2D eigenvalue weighted by atomic mass is 16.5. The molecule has 2 rings (SSSR count). The molecule has 3 heteroatoms. The largest absolute Gasteiger partial charge is 0.368 e. The van der Waals surface area contributed by atoms with E-state index in [4.69, 9.17) is 4.74 Å². The number of H-pyrrole nitrogens is 1. The minimum absolute atomic E-state index is 0.106. The fourth-order valence-corrected chi connectivity index (χ4v) is 1.40. The summed E-state index contributed by atoms with van der Waals surface area (Å²) in [7, 11) is 0. The van der Waals surface area contributed by atoms with Crippen molar-refractivity contribution in [2.75, 3.05) is 0 Å². The van der Waals surface area contributed by atoms with Crippen LogP contribution in [0.15, 0.2) is 42.9 Å². The second-order valence-electron chi connectivity index (χ2n) is 3.44. The van der Waals surface area contributed by atoms with E-state index in [0.29, 0.717) is 6.61 Å². The van der Waals surface area contributed by atoms with Gasteiger partial charge in [0.1, 0.15) is 0 Å². The Bertz CT molecular complexity index is 383. The molecule has 0 radical (unpaired) electrons. The number of nitrogens with one attached hydrogen (secondary N) is 1. The average molecular weight is 202 g/mol. The van der Waals surface area contributed by atoms with Crippen LogP contribution >= 0.6 is 0 Å². The Kier molecular flexibility index (Phi) is 3.15. The van der Waals surface area contributed by atoms with Crippen LogP contribution in [0.25, 0.3) is 0 Å². The van der Waals surface area contributed by atoms with Crippen molar-refractivity contribution in [2.45, 2.75) is 19.6 Å². The van der Waals surface area contributed by atoms with Gasteiger partial charge in [-0.25, -0.2) is 4.98 Å². The standard InChI is InChI=1S/C12H14N2O/c1-10(11-5-3-2-4-6-11)15-8-12-7-13-9-14-12/h2-7,9-10H,8H2,1H3,(H,13,14). The van der Waals surface area contributed by atoms with Gasteiger partial charge in [-0.2, -0.15) is 0 Å². The van der Waals surface area contributed by atoms with Gasteiger partial charge in [-0.05, 0) is 12.5 Å². The number of rotatable bonds is 4. The van der Waals surface area contributed by atoms with Gasteiger partial charge in [-0.1, -0.05) is 30.3 Å². The molecule has 0 saturated carbocycles. The first kappa shape index (κ1) is 9.93. The van der Waals surface area contributed by atoms with E-state index in [1.54, 1.807) is 12.5 Å². The minimum Gasteiger partial charge on any atom is -0.368 e. The molecule has 15 heavy (non-hydrogen) atoms. The van der Waals surface area contributed by atoms with Crippen LogP contribution in [0.4, 0.5) is 0 Å². The topological polar surface area (TPSA) is 37.9 Å². The zero-order valence-corrected chi connectivity index (χ0v) is 8.68. The molecule has 1 heterocycles. The predicted octanol–water partition coefficient (Wildman–Crippen LogP) is 2.69. The summed E-state index contributed by atoms with van der Waals surface area (Å²) in [6, 6.07) is 10.2. The maximum Gasteiger partial charge on any atom is 0.0922 e. The molecule has 0 aliphatic heterocycles. The molecule has 3 nitrogen and oxygen atoms in total. The zero-order valence-electron chi connectivity index (χ0n) is 8.68. The van der Waals surface area contributed by atoms with Crippen molar-refractivity contribution in [1.29, 1.82) is 0 Å². The van der Waals surface area contributed by atoms with Crippen LogP contribution in [-0.2, 0) is 11.3 Å². The second kappa shape index (κ2) is 4.75. The first-order chi connectivity index (χ1) is 7.36. The highest BCUT2D eigenvalue weighted by Crippen LogP contribution is 2.17. The molecule has 78 valence electrons. The molecule has 0 aliphatic rings. The Labute approximate surface area is 89.1 Å². The SMILES string of the molecule is CC(OCc1cnc[nH]1)c1ccccc1. The maximum atomic E-state index is 5.70. The summed E-state index contributed by atoms with van der Waals surface area (Å²) in [6.07, 6.45) is 3.54. The summed E-state index contributed by atoms with van der Waals surface area (Å²) < 4.78 is 5.70. The van der Waals surface area contributed by atoms with Gasteiger partial charge >= 0.3 is 0 Å². The molecular weight excluding hydrogens is 188 g/mol. The number of imidazole rings is 1. The second-order valence-corrected chi connectivity index (χ2v) is 3.44. The van der Waals surface area contributed by atoms with Gasteiger partial charge < -0.3 is 9.72 Å². The third kappa shape index (κ3) is 2.67. The van der Waals surface area contributed by atoms with Crippen molar-refractivity contribution < 1.29 is 4.74 Å². The van der Waals surface area contributed by atoms with Crippen LogP contribution in [0.5, 0.6) is 0 Å². The summed E-state index contributed by atoms with van der Waals surface area (Å²) in [4.78, 5) is 6.95. The number of aromatic nitrogens is 2. The van der Waals surface area contributed by atoms with Crippen molar-refractivity contribution >= 4 is 0 Å². The predicted molar refractivity (Wildman–Crippen MR) is 58.2 cm³/mol. The van der Waals surface area contributed by atoms with E-state index in [2.05, 4.69) is 22.1 Å². The number of hydrogen-bond donors (Lipinski definition) is 1. The fraction of sp³-hybridized carbons (Fsp3) is 0.250. The van der Waals surface area contributed by atoms with Gasteiger partial charge in [0.2, 0.25) is 0 Å².